The molecule has 5 nitrogen and oxygen atoms in total. The Morgan fingerprint density at radius 2 is 2.00 bits per heavy atom. The van der Waals surface area contributed by atoms with Crippen LogP contribution >= 0.6 is 24.0 Å². The monoisotopic (exact) mass is 472 g/mol. The molecule has 0 aliphatic carbocycles. The molecule has 2 rings (SSSR count). The van der Waals surface area contributed by atoms with Crippen molar-refractivity contribution in [3.8, 4) is 5.88 Å². The summed E-state index contributed by atoms with van der Waals surface area (Å²) in [6.07, 6.45) is 1.76. The number of halogens is 2. The highest BCUT2D eigenvalue weighted by Crippen LogP contribution is 2.22. The molecule has 0 saturated carbocycles. The van der Waals surface area contributed by atoms with Gasteiger partial charge in [0.2, 0.25) is 5.88 Å². The van der Waals surface area contributed by atoms with Gasteiger partial charge in [-0.15, -0.1) is 24.0 Å². The number of rotatable bonds is 6. The summed E-state index contributed by atoms with van der Waals surface area (Å²) >= 11 is 0. The highest BCUT2D eigenvalue weighted by atomic mass is 127. The summed E-state index contributed by atoms with van der Waals surface area (Å²) in [7, 11) is 3.31. The van der Waals surface area contributed by atoms with E-state index in [0.717, 1.165) is 11.1 Å². The van der Waals surface area contributed by atoms with Crippen molar-refractivity contribution in [3.63, 3.8) is 0 Å². The van der Waals surface area contributed by atoms with Crippen LogP contribution in [0.15, 0.2) is 47.6 Å². The van der Waals surface area contributed by atoms with Crippen molar-refractivity contribution in [3.05, 3.63) is 59.5 Å². The Morgan fingerprint density at radius 1 is 1.23 bits per heavy atom. The van der Waals surface area contributed by atoms with E-state index in [1.807, 2.05) is 18.2 Å². The molecule has 0 spiro atoms. The zero-order chi connectivity index (χ0) is 18.3. The fourth-order valence-corrected chi connectivity index (χ4v) is 2.36. The smallest absolute Gasteiger partial charge is 0.212 e. The number of aliphatic imine (C=N–C) groups is 1. The summed E-state index contributed by atoms with van der Waals surface area (Å²) in [6.45, 7) is 5.35. The second kappa shape index (κ2) is 10.3. The number of hydrogen-bond acceptors (Lipinski definition) is 3. The predicted molar refractivity (Wildman–Crippen MR) is 114 cm³/mol. The molecule has 1 aromatic carbocycles. The van der Waals surface area contributed by atoms with Crippen LogP contribution in [0.4, 0.5) is 4.39 Å². The number of guanidine groups is 1. The topological polar surface area (TPSA) is 58.5 Å². The molecule has 0 saturated heterocycles. The zero-order valence-corrected chi connectivity index (χ0v) is 17.9. The molecular formula is C19H26FIN4O. The number of ether oxygens (including phenoxy) is 1. The second-order valence-electron chi connectivity index (χ2n) is 6.38. The van der Waals surface area contributed by atoms with Gasteiger partial charge in [-0.25, -0.2) is 9.37 Å². The molecule has 1 heterocycles. The average molecular weight is 472 g/mol. The van der Waals surface area contributed by atoms with E-state index in [9.17, 15) is 4.39 Å². The maximum Gasteiger partial charge on any atom is 0.212 e. The molecule has 1 aromatic heterocycles. The molecule has 7 heteroatoms. The lowest BCUT2D eigenvalue weighted by Gasteiger charge is -2.26. The van der Waals surface area contributed by atoms with E-state index in [4.69, 9.17) is 4.74 Å². The second-order valence-corrected chi connectivity index (χ2v) is 6.38. The van der Waals surface area contributed by atoms with Gasteiger partial charge in [-0.3, -0.25) is 4.99 Å². The molecule has 0 aliphatic heterocycles. The standard InChI is InChI=1S/C19H25FN4O.HI/c1-19(2,15-6-5-7-16(20)10-15)13-24-18(21-3)23-12-14-8-9-17(25-4)22-11-14;/h5-11H,12-13H2,1-4H3,(H2,21,23,24);1H. The van der Waals surface area contributed by atoms with Crippen molar-refractivity contribution < 1.29 is 9.13 Å². The van der Waals surface area contributed by atoms with Gasteiger partial charge in [0.15, 0.2) is 5.96 Å². The zero-order valence-electron chi connectivity index (χ0n) is 15.5. The number of aromatic nitrogens is 1. The van der Waals surface area contributed by atoms with Crippen molar-refractivity contribution in [1.29, 1.82) is 0 Å². The minimum atomic E-state index is -0.235. The lowest BCUT2D eigenvalue weighted by atomic mass is 9.84. The molecule has 0 bridgehead atoms. The van der Waals surface area contributed by atoms with E-state index in [2.05, 4.69) is 34.5 Å². The minimum absolute atomic E-state index is 0. The highest BCUT2D eigenvalue weighted by Gasteiger charge is 2.21. The number of nitrogens with zero attached hydrogens (tertiary/aromatic N) is 2. The van der Waals surface area contributed by atoms with Gasteiger partial charge in [-0.1, -0.05) is 32.0 Å². The summed E-state index contributed by atoms with van der Waals surface area (Å²) in [5.41, 5.74) is 1.73. The van der Waals surface area contributed by atoms with Gasteiger partial charge in [-0.2, -0.15) is 0 Å². The van der Waals surface area contributed by atoms with E-state index >= 15 is 0 Å². The SMILES string of the molecule is CN=C(NCc1ccc(OC)nc1)NCC(C)(C)c1cccc(F)c1.I. The van der Waals surface area contributed by atoms with Crippen LogP contribution in [0, 0.1) is 5.82 Å². The summed E-state index contributed by atoms with van der Waals surface area (Å²) in [5, 5.41) is 6.53. The number of pyridine rings is 1. The van der Waals surface area contributed by atoms with Crippen LogP contribution in [0.1, 0.15) is 25.0 Å². The Balaban J connectivity index is 0.00000338. The van der Waals surface area contributed by atoms with Crippen molar-refractivity contribution in [1.82, 2.24) is 15.6 Å². The fourth-order valence-electron chi connectivity index (χ4n) is 2.36. The molecule has 0 aliphatic rings. The number of nitrogens with one attached hydrogen (secondary N) is 2. The molecule has 26 heavy (non-hydrogen) atoms. The molecule has 2 N–H and O–H groups in total. The number of hydrogen-bond donors (Lipinski definition) is 2. The van der Waals surface area contributed by atoms with E-state index in [1.54, 1.807) is 32.5 Å². The van der Waals surface area contributed by atoms with Gasteiger partial charge in [0, 0.05) is 37.8 Å². The summed E-state index contributed by atoms with van der Waals surface area (Å²) in [4.78, 5) is 8.40. The largest absolute Gasteiger partial charge is 0.481 e. The van der Waals surface area contributed by atoms with Crippen LogP contribution < -0.4 is 15.4 Å². The van der Waals surface area contributed by atoms with Gasteiger partial charge in [-0.05, 0) is 23.3 Å². The van der Waals surface area contributed by atoms with Crippen LogP contribution in [-0.2, 0) is 12.0 Å². The molecular weight excluding hydrogens is 446 g/mol. The predicted octanol–water partition coefficient (Wildman–Crippen LogP) is 3.49. The minimum Gasteiger partial charge on any atom is -0.481 e. The maximum absolute atomic E-state index is 13.5. The molecule has 0 fully saturated rings. The van der Waals surface area contributed by atoms with E-state index < -0.39 is 0 Å². The number of benzene rings is 1. The van der Waals surface area contributed by atoms with Crippen LogP contribution in [0.2, 0.25) is 0 Å². The van der Waals surface area contributed by atoms with Gasteiger partial charge < -0.3 is 15.4 Å². The van der Waals surface area contributed by atoms with Gasteiger partial charge in [0.25, 0.3) is 0 Å². The van der Waals surface area contributed by atoms with Crippen molar-refractivity contribution in [2.75, 3.05) is 20.7 Å². The third-order valence-electron chi connectivity index (χ3n) is 3.99. The molecule has 0 atom stereocenters. The first-order valence-corrected chi connectivity index (χ1v) is 8.14. The van der Waals surface area contributed by atoms with Crippen LogP contribution in [-0.4, -0.2) is 31.6 Å². The number of methoxy groups -OCH3 is 1. The van der Waals surface area contributed by atoms with E-state index in [0.29, 0.717) is 24.9 Å². The van der Waals surface area contributed by atoms with Crippen molar-refractivity contribution in [2.45, 2.75) is 25.8 Å². The first-order valence-electron chi connectivity index (χ1n) is 8.14. The van der Waals surface area contributed by atoms with Crippen molar-refractivity contribution in [2.24, 2.45) is 4.99 Å². The summed E-state index contributed by atoms with van der Waals surface area (Å²) < 4.78 is 18.5. The van der Waals surface area contributed by atoms with Gasteiger partial charge in [0.1, 0.15) is 5.82 Å². The lowest BCUT2D eigenvalue weighted by Crippen LogP contribution is -2.43. The molecule has 0 amide bonds. The van der Waals surface area contributed by atoms with Crippen LogP contribution in [0.5, 0.6) is 5.88 Å². The Bertz CT molecular complexity index is 720. The fraction of sp³-hybridized carbons (Fsp3) is 0.368. The summed E-state index contributed by atoms with van der Waals surface area (Å²) in [5.74, 6) is 1.04. The normalized spacial score (nSPS) is 11.5. The van der Waals surface area contributed by atoms with Gasteiger partial charge >= 0.3 is 0 Å². The Kier molecular flexibility index (Phi) is 8.77. The molecule has 0 radical (unpaired) electrons. The van der Waals surface area contributed by atoms with E-state index in [1.165, 1.54) is 6.07 Å². The first kappa shape index (κ1) is 22.1. The third-order valence-corrected chi connectivity index (χ3v) is 3.99. The van der Waals surface area contributed by atoms with Crippen molar-refractivity contribution >= 4 is 29.9 Å². The Morgan fingerprint density at radius 3 is 2.58 bits per heavy atom. The molecule has 2 aromatic rings. The Hall–Kier alpha value is -1.90. The highest BCUT2D eigenvalue weighted by molar-refractivity contribution is 14.0. The summed E-state index contributed by atoms with van der Waals surface area (Å²) in [6, 6.07) is 10.5. The quantitative estimate of drug-likeness (QED) is 0.384. The van der Waals surface area contributed by atoms with Crippen LogP contribution in [0.3, 0.4) is 0 Å². The molecule has 0 unspecified atom stereocenters. The van der Waals surface area contributed by atoms with Gasteiger partial charge in [0.05, 0.1) is 7.11 Å². The maximum atomic E-state index is 13.5. The molecule has 142 valence electrons. The Labute approximate surface area is 171 Å². The third kappa shape index (κ3) is 6.44. The first-order chi connectivity index (χ1) is 11.9. The van der Waals surface area contributed by atoms with Crippen LogP contribution in [0.25, 0.3) is 0 Å². The lowest BCUT2D eigenvalue weighted by molar-refractivity contribution is 0.397. The van der Waals surface area contributed by atoms with E-state index in [-0.39, 0.29) is 35.2 Å². The average Bonchev–Trinajstić information content (AvgIpc) is 2.62.